The molecule has 2 aromatic carbocycles. The first-order valence-corrected chi connectivity index (χ1v) is 6.47. The van der Waals surface area contributed by atoms with E-state index < -0.39 is 0 Å². The molecule has 0 amide bonds. The van der Waals surface area contributed by atoms with Gasteiger partial charge in [0.25, 0.3) is 0 Å². The highest BCUT2D eigenvalue weighted by atomic mass is 15.3. The normalized spacial score (nSPS) is 13.7. The van der Waals surface area contributed by atoms with E-state index in [0.29, 0.717) is 0 Å². The highest BCUT2D eigenvalue weighted by molar-refractivity contribution is 5.95. The summed E-state index contributed by atoms with van der Waals surface area (Å²) >= 11 is 0. The monoisotopic (exact) mass is 248 g/mol. The summed E-state index contributed by atoms with van der Waals surface area (Å²) < 4.78 is 0. The number of hydrogen-bond acceptors (Lipinski definition) is 2. The van der Waals surface area contributed by atoms with Gasteiger partial charge in [0.05, 0.1) is 11.9 Å². The number of nitrogens with zero attached hydrogens (tertiary/aromatic N) is 1. The minimum atomic E-state index is 0.928. The van der Waals surface area contributed by atoms with Crippen molar-refractivity contribution in [3.8, 4) is 0 Å². The number of fused-ring (bicyclic) bond motifs is 1. The predicted molar refractivity (Wildman–Crippen MR) is 81.3 cm³/mol. The summed E-state index contributed by atoms with van der Waals surface area (Å²) in [5, 5.41) is 4.25. The third-order valence-corrected chi connectivity index (χ3v) is 3.40. The average Bonchev–Trinajstić information content (AvgIpc) is 2.61. The summed E-state index contributed by atoms with van der Waals surface area (Å²) in [4.78, 5) is 0. The van der Waals surface area contributed by atoms with Crippen molar-refractivity contribution < 1.29 is 0 Å². The first kappa shape index (κ1) is 11.7. The molecule has 0 fully saturated rings. The van der Waals surface area contributed by atoms with Crippen molar-refractivity contribution >= 4 is 17.5 Å². The van der Waals surface area contributed by atoms with Crippen molar-refractivity contribution in [2.45, 2.75) is 13.3 Å². The highest BCUT2D eigenvalue weighted by Gasteiger charge is 2.12. The molecule has 0 spiro atoms. The SMILES string of the molecule is CC1=C(Cc2ccccc2)c2ccccc2NN=C1. The maximum atomic E-state index is 4.25. The van der Waals surface area contributed by atoms with Crippen LogP contribution in [0, 0.1) is 0 Å². The van der Waals surface area contributed by atoms with Crippen LogP contribution >= 0.6 is 0 Å². The third kappa shape index (κ3) is 2.43. The molecule has 0 saturated carbocycles. The lowest BCUT2D eigenvalue weighted by Gasteiger charge is -2.12. The minimum Gasteiger partial charge on any atom is -0.278 e. The predicted octanol–water partition coefficient (Wildman–Crippen LogP) is 4.11. The molecule has 1 heterocycles. The maximum absolute atomic E-state index is 4.25. The van der Waals surface area contributed by atoms with Crippen molar-refractivity contribution in [1.82, 2.24) is 0 Å². The van der Waals surface area contributed by atoms with Crippen molar-refractivity contribution in [2.24, 2.45) is 5.10 Å². The summed E-state index contributed by atoms with van der Waals surface area (Å²) in [5.74, 6) is 0. The Balaban J connectivity index is 2.05. The van der Waals surface area contributed by atoms with Gasteiger partial charge < -0.3 is 0 Å². The number of rotatable bonds is 2. The van der Waals surface area contributed by atoms with E-state index in [1.807, 2.05) is 12.3 Å². The van der Waals surface area contributed by atoms with Crippen LogP contribution in [-0.2, 0) is 6.42 Å². The first-order valence-electron chi connectivity index (χ1n) is 6.47. The second-order valence-electron chi connectivity index (χ2n) is 4.74. The number of benzene rings is 2. The van der Waals surface area contributed by atoms with Crippen LogP contribution in [0.5, 0.6) is 0 Å². The molecule has 1 aliphatic heterocycles. The molecule has 0 unspecified atom stereocenters. The van der Waals surface area contributed by atoms with Crippen molar-refractivity contribution in [2.75, 3.05) is 5.43 Å². The van der Waals surface area contributed by atoms with Crippen LogP contribution in [0.15, 0.2) is 65.3 Å². The van der Waals surface area contributed by atoms with Crippen molar-refractivity contribution in [1.29, 1.82) is 0 Å². The van der Waals surface area contributed by atoms with Crippen LogP contribution in [0.1, 0.15) is 18.1 Å². The lowest BCUT2D eigenvalue weighted by atomic mass is 9.93. The Hall–Kier alpha value is -2.35. The smallest absolute Gasteiger partial charge is 0.0637 e. The molecule has 19 heavy (non-hydrogen) atoms. The second-order valence-corrected chi connectivity index (χ2v) is 4.74. The molecular formula is C17H16N2. The Morgan fingerprint density at radius 2 is 1.68 bits per heavy atom. The van der Waals surface area contributed by atoms with Crippen LogP contribution in [0.3, 0.4) is 0 Å². The molecule has 94 valence electrons. The van der Waals surface area contributed by atoms with Gasteiger partial charge in [0, 0.05) is 5.56 Å². The number of para-hydroxylation sites is 1. The summed E-state index contributed by atoms with van der Waals surface area (Å²) in [5.41, 5.74) is 9.27. The Labute approximate surface area is 113 Å². The van der Waals surface area contributed by atoms with Crippen LogP contribution in [-0.4, -0.2) is 6.21 Å². The summed E-state index contributed by atoms with van der Waals surface area (Å²) in [6, 6.07) is 18.9. The van der Waals surface area contributed by atoms with E-state index in [-0.39, 0.29) is 0 Å². The van der Waals surface area contributed by atoms with Gasteiger partial charge in [-0.05, 0) is 36.1 Å². The Morgan fingerprint density at radius 1 is 0.947 bits per heavy atom. The zero-order valence-electron chi connectivity index (χ0n) is 10.9. The summed E-state index contributed by atoms with van der Waals surface area (Å²) in [6.07, 6.45) is 2.83. The molecule has 1 aliphatic rings. The zero-order chi connectivity index (χ0) is 13.1. The average molecular weight is 248 g/mol. The van der Waals surface area contributed by atoms with Gasteiger partial charge >= 0.3 is 0 Å². The Bertz CT molecular complexity index is 639. The number of anilines is 1. The molecule has 0 aromatic heterocycles. The summed E-state index contributed by atoms with van der Waals surface area (Å²) in [7, 11) is 0. The molecule has 0 saturated heterocycles. The number of hydrazone groups is 1. The molecule has 0 aliphatic carbocycles. The van der Waals surface area contributed by atoms with Gasteiger partial charge in [0.1, 0.15) is 0 Å². The third-order valence-electron chi connectivity index (χ3n) is 3.40. The van der Waals surface area contributed by atoms with E-state index in [9.17, 15) is 0 Å². The molecule has 2 nitrogen and oxygen atoms in total. The van der Waals surface area contributed by atoms with E-state index in [1.165, 1.54) is 22.3 Å². The Kier molecular flexibility index (Phi) is 3.15. The quantitative estimate of drug-likeness (QED) is 0.849. The standard InChI is InChI=1S/C17H16N2/c1-13-12-18-19-17-10-6-5-9-15(17)16(13)11-14-7-3-2-4-8-14/h2-10,12,19H,11H2,1H3. The van der Waals surface area contributed by atoms with Crippen molar-refractivity contribution in [3.63, 3.8) is 0 Å². The number of nitrogens with one attached hydrogen (secondary N) is 1. The topological polar surface area (TPSA) is 24.4 Å². The van der Waals surface area contributed by atoms with Crippen LogP contribution in [0.2, 0.25) is 0 Å². The lowest BCUT2D eigenvalue weighted by molar-refractivity contribution is 1.26. The molecule has 2 aromatic rings. The van der Waals surface area contributed by atoms with Gasteiger partial charge in [-0.3, -0.25) is 5.43 Å². The molecule has 0 radical (unpaired) electrons. The minimum absolute atomic E-state index is 0.928. The highest BCUT2D eigenvalue weighted by Crippen LogP contribution is 2.30. The van der Waals surface area contributed by atoms with E-state index in [2.05, 4.69) is 66.0 Å². The van der Waals surface area contributed by atoms with Gasteiger partial charge in [0.2, 0.25) is 0 Å². The second kappa shape index (κ2) is 5.11. The van der Waals surface area contributed by atoms with E-state index in [4.69, 9.17) is 0 Å². The largest absolute Gasteiger partial charge is 0.278 e. The van der Waals surface area contributed by atoms with Crippen LogP contribution in [0.4, 0.5) is 5.69 Å². The van der Waals surface area contributed by atoms with Crippen LogP contribution in [0.25, 0.3) is 5.57 Å². The fourth-order valence-corrected chi connectivity index (χ4v) is 2.37. The molecule has 0 bridgehead atoms. The lowest BCUT2D eigenvalue weighted by Crippen LogP contribution is -1.96. The van der Waals surface area contributed by atoms with Gasteiger partial charge in [-0.2, -0.15) is 5.10 Å². The number of allylic oxidation sites excluding steroid dienone is 2. The van der Waals surface area contributed by atoms with Gasteiger partial charge in [-0.1, -0.05) is 48.5 Å². The Morgan fingerprint density at radius 3 is 2.53 bits per heavy atom. The van der Waals surface area contributed by atoms with E-state index in [1.54, 1.807) is 0 Å². The zero-order valence-corrected chi connectivity index (χ0v) is 10.9. The van der Waals surface area contributed by atoms with Gasteiger partial charge in [-0.25, -0.2) is 0 Å². The fourth-order valence-electron chi connectivity index (χ4n) is 2.37. The maximum Gasteiger partial charge on any atom is 0.0637 e. The molecule has 3 rings (SSSR count). The summed E-state index contributed by atoms with van der Waals surface area (Å²) in [6.45, 7) is 2.12. The van der Waals surface area contributed by atoms with Crippen LogP contribution < -0.4 is 5.43 Å². The van der Waals surface area contributed by atoms with Gasteiger partial charge in [-0.15, -0.1) is 0 Å². The first-order chi connectivity index (χ1) is 9.34. The molecule has 1 N–H and O–H groups in total. The molecule has 2 heteroatoms. The van der Waals surface area contributed by atoms with E-state index in [0.717, 1.165) is 12.1 Å². The number of hydrogen-bond donors (Lipinski definition) is 1. The molecular weight excluding hydrogens is 232 g/mol. The van der Waals surface area contributed by atoms with Gasteiger partial charge in [0.15, 0.2) is 0 Å². The molecule has 0 atom stereocenters. The fraction of sp³-hybridized carbons (Fsp3) is 0.118. The van der Waals surface area contributed by atoms with Crippen molar-refractivity contribution in [3.05, 3.63) is 71.3 Å². The van der Waals surface area contributed by atoms with E-state index >= 15 is 0 Å².